The quantitative estimate of drug-likeness (QED) is 0.687. The molecule has 0 saturated carbocycles. The molecule has 3 aromatic rings. The smallest absolute Gasteiger partial charge is 0.255 e. The fourth-order valence-corrected chi connectivity index (χ4v) is 3.26. The standard InChI is InChI=1S/C19H16FN3O2/c20-13-7-5-11(6-8-13)17-15(10-21-23-17)19(25)22-18-14-4-2-1-3-12(14)9-16(18)24/h1-8,10,16,18,24H,9H2,(H,21,23)(H,22,25). The first-order valence-corrected chi connectivity index (χ1v) is 7.99. The monoisotopic (exact) mass is 337 g/mol. The molecule has 2 aromatic carbocycles. The number of hydrogen-bond donors (Lipinski definition) is 3. The molecule has 4 rings (SSSR count). The predicted molar refractivity (Wildman–Crippen MR) is 90.3 cm³/mol. The maximum atomic E-state index is 13.1. The average molecular weight is 337 g/mol. The molecule has 1 aliphatic rings. The van der Waals surface area contributed by atoms with Crippen molar-refractivity contribution in [3.63, 3.8) is 0 Å². The van der Waals surface area contributed by atoms with E-state index in [-0.39, 0.29) is 11.7 Å². The molecule has 25 heavy (non-hydrogen) atoms. The van der Waals surface area contributed by atoms with Gasteiger partial charge >= 0.3 is 0 Å². The third-order valence-electron chi connectivity index (χ3n) is 4.51. The minimum Gasteiger partial charge on any atom is -0.390 e. The van der Waals surface area contributed by atoms with E-state index in [1.165, 1.54) is 18.3 Å². The van der Waals surface area contributed by atoms with Crippen LogP contribution in [0.2, 0.25) is 0 Å². The summed E-state index contributed by atoms with van der Waals surface area (Å²) < 4.78 is 13.1. The molecule has 126 valence electrons. The lowest BCUT2D eigenvalue weighted by Crippen LogP contribution is -2.33. The number of nitrogens with zero attached hydrogens (tertiary/aromatic N) is 1. The summed E-state index contributed by atoms with van der Waals surface area (Å²) >= 11 is 0. The third-order valence-corrected chi connectivity index (χ3v) is 4.51. The van der Waals surface area contributed by atoms with Crippen molar-refractivity contribution in [2.24, 2.45) is 0 Å². The number of nitrogens with one attached hydrogen (secondary N) is 2. The van der Waals surface area contributed by atoms with Gasteiger partial charge in [-0.25, -0.2) is 4.39 Å². The van der Waals surface area contributed by atoms with Crippen LogP contribution in [0.1, 0.15) is 27.5 Å². The van der Waals surface area contributed by atoms with Gasteiger partial charge in [0.1, 0.15) is 5.82 Å². The van der Waals surface area contributed by atoms with Crippen molar-refractivity contribution in [3.8, 4) is 11.3 Å². The Balaban J connectivity index is 1.61. The second-order valence-electron chi connectivity index (χ2n) is 6.09. The van der Waals surface area contributed by atoms with Gasteiger partial charge in [-0.1, -0.05) is 24.3 Å². The van der Waals surface area contributed by atoms with Crippen LogP contribution >= 0.6 is 0 Å². The highest BCUT2D eigenvalue weighted by molar-refractivity contribution is 6.00. The Morgan fingerprint density at radius 1 is 1.20 bits per heavy atom. The molecule has 5 nitrogen and oxygen atoms in total. The largest absolute Gasteiger partial charge is 0.390 e. The van der Waals surface area contributed by atoms with Crippen molar-refractivity contribution in [1.82, 2.24) is 15.5 Å². The minimum atomic E-state index is -0.664. The molecule has 0 aliphatic heterocycles. The van der Waals surface area contributed by atoms with Crippen LogP contribution in [-0.2, 0) is 6.42 Å². The summed E-state index contributed by atoms with van der Waals surface area (Å²) in [5.74, 6) is -0.686. The van der Waals surface area contributed by atoms with Gasteiger partial charge in [0, 0.05) is 12.0 Å². The van der Waals surface area contributed by atoms with Gasteiger partial charge in [-0.15, -0.1) is 0 Å². The topological polar surface area (TPSA) is 78.0 Å². The van der Waals surface area contributed by atoms with Crippen molar-refractivity contribution >= 4 is 5.91 Å². The highest BCUT2D eigenvalue weighted by atomic mass is 19.1. The van der Waals surface area contributed by atoms with E-state index in [2.05, 4.69) is 15.5 Å². The van der Waals surface area contributed by atoms with Crippen LogP contribution in [0.25, 0.3) is 11.3 Å². The van der Waals surface area contributed by atoms with Gasteiger partial charge in [0.2, 0.25) is 0 Å². The number of aromatic amines is 1. The van der Waals surface area contributed by atoms with Gasteiger partial charge in [0.25, 0.3) is 5.91 Å². The van der Waals surface area contributed by atoms with E-state index in [1.54, 1.807) is 12.1 Å². The molecular formula is C19H16FN3O2. The number of amides is 1. The zero-order valence-corrected chi connectivity index (χ0v) is 13.2. The van der Waals surface area contributed by atoms with E-state index in [9.17, 15) is 14.3 Å². The van der Waals surface area contributed by atoms with Gasteiger partial charge in [-0.2, -0.15) is 5.10 Å². The molecular weight excluding hydrogens is 321 g/mol. The van der Waals surface area contributed by atoms with E-state index < -0.39 is 12.1 Å². The van der Waals surface area contributed by atoms with Crippen LogP contribution in [-0.4, -0.2) is 27.3 Å². The number of benzene rings is 2. The first-order chi connectivity index (χ1) is 12.1. The number of H-pyrrole nitrogens is 1. The fraction of sp³-hybridized carbons (Fsp3) is 0.158. The van der Waals surface area contributed by atoms with E-state index in [1.807, 2.05) is 24.3 Å². The lowest BCUT2D eigenvalue weighted by atomic mass is 10.1. The molecule has 3 N–H and O–H groups in total. The number of hydrogen-bond acceptors (Lipinski definition) is 3. The Labute approximate surface area is 143 Å². The lowest BCUT2D eigenvalue weighted by Gasteiger charge is -2.18. The predicted octanol–water partition coefficient (Wildman–Crippen LogP) is 2.60. The highest BCUT2D eigenvalue weighted by Crippen LogP contribution is 2.32. The first-order valence-electron chi connectivity index (χ1n) is 7.99. The molecule has 2 atom stereocenters. The number of aromatic nitrogens is 2. The van der Waals surface area contributed by atoms with Crippen molar-refractivity contribution in [2.75, 3.05) is 0 Å². The van der Waals surface area contributed by atoms with E-state index in [4.69, 9.17) is 0 Å². The molecule has 1 aliphatic carbocycles. The van der Waals surface area contributed by atoms with Crippen LogP contribution in [0.4, 0.5) is 4.39 Å². The summed E-state index contributed by atoms with van der Waals surface area (Å²) in [6.07, 6.45) is 1.28. The van der Waals surface area contributed by atoms with E-state index in [0.717, 1.165) is 11.1 Å². The van der Waals surface area contributed by atoms with Gasteiger partial charge in [0.05, 0.1) is 29.6 Å². The zero-order valence-electron chi connectivity index (χ0n) is 13.2. The molecule has 1 amide bonds. The van der Waals surface area contributed by atoms with Gasteiger partial charge in [-0.05, 0) is 35.4 Å². The number of rotatable bonds is 3. The zero-order chi connectivity index (χ0) is 17.4. The van der Waals surface area contributed by atoms with Crippen LogP contribution in [0.3, 0.4) is 0 Å². The van der Waals surface area contributed by atoms with Gasteiger partial charge in [-0.3, -0.25) is 9.89 Å². The number of fused-ring (bicyclic) bond motifs is 1. The molecule has 0 fully saturated rings. The molecule has 0 spiro atoms. The van der Waals surface area contributed by atoms with Crippen molar-refractivity contribution in [2.45, 2.75) is 18.6 Å². The second-order valence-corrected chi connectivity index (χ2v) is 6.09. The molecule has 1 aromatic heterocycles. The van der Waals surface area contributed by atoms with Gasteiger partial charge < -0.3 is 10.4 Å². The van der Waals surface area contributed by atoms with Crippen LogP contribution in [0.15, 0.2) is 54.7 Å². The molecule has 2 unspecified atom stereocenters. The Hall–Kier alpha value is -2.99. The maximum Gasteiger partial charge on any atom is 0.255 e. The highest BCUT2D eigenvalue weighted by Gasteiger charge is 2.32. The summed E-state index contributed by atoms with van der Waals surface area (Å²) in [4.78, 5) is 12.7. The summed E-state index contributed by atoms with van der Waals surface area (Å²) in [6, 6.07) is 13.0. The molecule has 0 bridgehead atoms. The van der Waals surface area contributed by atoms with Gasteiger partial charge in [0.15, 0.2) is 0 Å². The summed E-state index contributed by atoms with van der Waals surface area (Å²) in [5.41, 5.74) is 3.49. The van der Waals surface area contributed by atoms with Crippen LogP contribution in [0, 0.1) is 5.82 Å². The third kappa shape index (κ3) is 2.81. The van der Waals surface area contributed by atoms with Crippen molar-refractivity contribution < 1.29 is 14.3 Å². The number of carbonyl (C=O) groups excluding carboxylic acids is 1. The average Bonchev–Trinajstić information content (AvgIpc) is 3.21. The Morgan fingerprint density at radius 3 is 2.76 bits per heavy atom. The molecule has 0 radical (unpaired) electrons. The molecule has 6 heteroatoms. The second kappa shape index (κ2) is 6.14. The number of aliphatic hydroxyl groups excluding tert-OH is 1. The first kappa shape index (κ1) is 15.5. The summed E-state index contributed by atoms with van der Waals surface area (Å²) in [6.45, 7) is 0. The van der Waals surface area contributed by atoms with Crippen LogP contribution < -0.4 is 5.32 Å². The summed E-state index contributed by atoms with van der Waals surface area (Å²) in [7, 11) is 0. The van der Waals surface area contributed by atoms with Crippen molar-refractivity contribution in [3.05, 3.63) is 77.2 Å². The molecule has 1 heterocycles. The van der Waals surface area contributed by atoms with E-state index >= 15 is 0 Å². The Kier molecular flexibility index (Phi) is 3.82. The number of carbonyl (C=O) groups is 1. The van der Waals surface area contributed by atoms with Crippen molar-refractivity contribution in [1.29, 1.82) is 0 Å². The molecule has 0 saturated heterocycles. The van der Waals surface area contributed by atoms with Crippen LogP contribution in [0.5, 0.6) is 0 Å². The maximum absolute atomic E-state index is 13.1. The lowest BCUT2D eigenvalue weighted by molar-refractivity contribution is 0.0859. The Morgan fingerprint density at radius 2 is 1.96 bits per heavy atom. The minimum absolute atomic E-state index is 0.339. The SMILES string of the molecule is O=C(NC1c2ccccc2CC1O)c1cn[nH]c1-c1ccc(F)cc1. The fourth-order valence-electron chi connectivity index (χ4n) is 3.26. The Bertz CT molecular complexity index is 920. The number of aliphatic hydroxyl groups is 1. The van der Waals surface area contributed by atoms with E-state index in [0.29, 0.717) is 23.2 Å². The summed E-state index contributed by atoms with van der Waals surface area (Å²) in [5, 5.41) is 19.9. The number of halogens is 1. The normalized spacial score (nSPS) is 18.8.